The second-order valence-electron chi connectivity index (χ2n) is 8.88. The van der Waals surface area contributed by atoms with Gasteiger partial charge in [-0.3, -0.25) is 9.59 Å². The van der Waals surface area contributed by atoms with E-state index in [4.69, 9.17) is 23.2 Å². The maximum Gasteiger partial charge on any atom is 0.243 e. The van der Waals surface area contributed by atoms with Crippen LogP contribution in [0.3, 0.4) is 0 Å². The fourth-order valence-electron chi connectivity index (χ4n) is 3.70. The van der Waals surface area contributed by atoms with Crippen molar-refractivity contribution in [1.29, 1.82) is 0 Å². The molecule has 192 valence electrons. The Bertz CT molecular complexity index is 1380. The molecular formula is C26H29Cl2N3O4S. The Morgan fingerprint density at radius 1 is 0.917 bits per heavy atom. The summed E-state index contributed by atoms with van der Waals surface area (Å²) in [5.74, 6) is -0.877. The van der Waals surface area contributed by atoms with E-state index in [1.807, 2.05) is 38.1 Å². The van der Waals surface area contributed by atoms with Crippen molar-refractivity contribution in [3.8, 4) is 0 Å². The lowest BCUT2D eigenvalue weighted by Crippen LogP contribution is -2.51. The summed E-state index contributed by atoms with van der Waals surface area (Å²) in [6.45, 7) is 4.84. The Kier molecular flexibility index (Phi) is 9.00. The molecule has 0 saturated carbocycles. The number of hydrogen-bond acceptors (Lipinski definition) is 4. The summed E-state index contributed by atoms with van der Waals surface area (Å²) < 4.78 is 27.5. The van der Waals surface area contributed by atoms with Gasteiger partial charge in [0.1, 0.15) is 6.04 Å². The first-order valence-corrected chi connectivity index (χ1v) is 13.6. The van der Waals surface area contributed by atoms with E-state index in [-0.39, 0.29) is 23.4 Å². The van der Waals surface area contributed by atoms with Crippen LogP contribution in [0.2, 0.25) is 10.0 Å². The van der Waals surface area contributed by atoms with Gasteiger partial charge in [-0.15, -0.1) is 0 Å². The Morgan fingerprint density at radius 3 is 2.22 bits per heavy atom. The molecule has 0 radical (unpaired) electrons. The fraction of sp³-hybridized carbons (Fsp3) is 0.308. The fourth-order valence-corrected chi connectivity index (χ4v) is 5.17. The second kappa shape index (κ2) is 11.6. The highest BCUT2D eigenvalue weighted by atomic mass is 35.5. The number of carbonyl (C=O) groups is 2. The van der Waals surface area contributed by atoms with Crippen molar-refractivity contribution in [1.82, 2.24) is 14.5 Å². The number of rotatable bonds is 9. The molecule has 3 aromatic carbocycles. The SMILES string of the molecule is CC(C)NC(=O)C(C)N(Cc1ccc(Cl)c(Cl)c1)C(=O)CN(C)S(=O)(=O)c1ccc2ccccc2c1. The van der Waals surface area contributed by atoms with E-state index in [2.05, 4.69) is 5.32 Å². The van der Waals surface area contributed by atoms with Crippen LogP contribution in [0.1, 0.15) is 26.3 Å². The van der Waals surface area contributed by atoms with Gasteiger partial charge in [-0.2, -0.15) is 4.31 Å². The molecule has 0 bridgehead atoms. The van der Waals surface area contributed by atoms with Crippen molar-refractivity contribution >= 4 is 55.8 Å². The van der Waals surface area contributed by atoms with Crippen LogP contribution < -0.4 is 5.32 Å². The lowest BCUT2D eigenvalue weighted by Gasteiger charge is -2.31. The number of carbonyl (C=O) groups excluding carboxylic acids is 2. The first-order valence-electron chi connectivity index (χ1n) is 11.4. The van der Waals surface area contributed by atoms with Gasteiger partial charge in [0.05, 0.1) is 21.5 Å². The lowest BCUT2D eigenvalue weighted by atomic mass is 10.1. The van der Waals surface area contributed by atoms with E-state index in [1.54, 1.807) is 37.3 Å². The molecule has 7 nitrogen and oxygen atoms in total. The van der Waals surface area contributed by atoms with Crippen molar-refractivity contribution in [2.75, 3.05) is 13.6 Å². The quantitative estimate of drug-likeness (QED) is 0.418. The molecule has 10 heteroatoms. The second-order valence-corrected chi connectivity index (χ2v) is 11.7. The van der Waals surface area contributed by atoms with Crippen LogP contribution in [0.4, 0.5) is 0 Å². The maximum absolute atomic E-state index is 13.4. The zero-order chi connectivity index (χ0) is 26.6. The third-order valence-electron chi connectivity index (χ3n) is 5.72. The molecule has 0 saturated heterocycles. The van der Waals surface area contributed by atoms with Crippen LogP contribution in [0.15, 0.2) is 65.6 Å². The van der Waals surface area contributed by atoms with Gasteiger partial charge in [0, 0.05) is 19.6 Å². The van der Waals surface area contributed by atoms with Gasteiger partial charge in [-0.05, 0) is 61.4 Å². The van der Waals surface area contributed by atoms with Gasteiger partial charge in [-0.25, -0.2) is 8.42 Å². The topological polar surface area (TPSA) is 86.8 Å². The van der Waals surface area contributed by atoms with Crippen LogP contribution >= 0.6 is 23.2 Å². The Balaban J connectivity index is 1.86. The summed E-state index contributed by atoms with van der Waals surface area (Å²) in [6.07, 6.45) is 0. The highest BCUT2D eigenvalue weighted by Crippen LogP contribution is 2.25. The molecule has 0 spiro atoms. The van der Waals surface area contributed by atoms with Crippen LogP contribution in [-0.4, -0.2) is 55.1 Å². The van der Waals surface area contributed by atoms with Gasteiger partial charge in [0.15, 0.2) is 0 Å². The minimum atomic E-state index is -3.96. The standard InChI is InChI=1S/C26H29Cl2N3O4S/c1-17(2)29-26(33)18(3)31(15-19-9-12-23(27)24(28)13-19)25(32)16-30(4)36(34,35)22-11-10-20-7-5-6-8-21(20)14-22/h5-14,17-18H,15-16H2,1-4H3,(H,29,33). The largest absolute Gasteiger partial charge is 0.352 e. The zero-order valence-electron chi connectivity index (χ0n) is 20.5. The average Bonchev–Trinajstić information content (AvgIpc) is 2.83. The molecule has 2 amide bonds. The predicted molar refractivity (Wildman–Crippen MR) is 144 cm³/mol. The summed E-state index contributed by atoms with van der Waals surface area (Å²) in [6, 6.07) is 16.2. The van der Waals surface area contributed by atoms with Crippen molar-refractivity contribution in [3.63, 3.8) is 0 Å². The van der Waals surface area contributed by atoms with Gasteiger partial charge < -0.3 is 10.2 Å². The normalized spacial score (nSPS) is 12.7. The molecule has 0 aliphatic carbocycles. The van der Waals surface area contributed by atoms with E-state index in [0.29, 0.717) is 15.6 Å². The van der Waals surface area contributed by atoms with Crippen molar-refractivity contribution in [2.24, 2.45) is 0 Å². The van der Waals surface area contributed by atoms with Crippen molar-refractivity contribution < 1.29 is 18.0 Å². The van der Waals surface area contributed by atoms with E-state index in [9.17, 15) is 18.0 Å². The molecule has 0 heterocycles. The molecule has 0 aliphatic heterocycles. The van der Waals surface area contributed by atoms with Crippen LogP contribution in [0.5, 0.6) is 0 Å². The summed E-state index contributed by atoms with van der Waals surface area (Å²) in [7, 11) is -2.62. The number of sulfonamides is 1. The molecule has 3 aromatic rings. The number of nitrogens with one attached hydrogen (secondary N) is 1. The van der Waals surface area contributed by atoms with Gasteiger partial charge in [0.2, 0.25) is 21.8 Å². The lowest BCUT2D eigenvalue weighted by molar-refractivity contribution is -0.140. The van der Waals surface area contributed by atoms with Crippen molar-refractivity contribution in [3.05, 3.63) is 76.3 Å². The molecule has 3 rings (SSSR count). The van der Waals surface area contributed by atoms with Gasteiger partial charge >= 0.3 is 0 Å². The molecule has 0 aliphatic rings. The third-order valence-corrected chi connectivity index (χ3v) is 8.26. The molecule has 1 unspecified atom stereocenters. The minimum absolute atomic E-state index is 0.0479. The monoisotopic (exact) mass is 549 g/mol. The maximum atomic E-state index is 13.4. The third kappa shape index (κ3) is 6.56. The van der Waals surface area contributed by atoms with E-state index >= 15 is 0 Å². The number of halogens is 2. The Labute approximate surface area is 222 Å². The highest BCUT2D eigenvalue weighted by molar-refractivity contribution is 7.89. The molecule has 0 aromatic heterocycles. The van der Waals surface area contributed by atoms with E-state index in [0.717, 1.165) is 15.1 Å². The average molecular weight is 551 g/mol. The predicted octanol–water partition coefficient (Wildman–Crippen LogP) is 4.71. The first-order chi connectivity index (χ1) is 16.9. The van der Waals surface area contributed by atoms with Crippen molar-refractivity contribution in [2.45, 2.75) is 44.3 Å². The molecule has 36 heavy (non-hydrogen) atoms. The van der Waals surface area contributed by atoms with E-state index < -0.39 is 28.5 Å². The Morgan fingerprint density at radius 2 is 1.58 bits per heavy atom. The molecule has 1 N–H and O–H groups in total. The zero-order valence-corrected chi connectivity index (χ0v) is 22.9. The van der Waals surface area contributed by atoms with Crippen LogP contribution in [0, 0.1) is 0 Å². The molecule has 1 atom stereocenters. The summed E-state index contributed by atoms with van der Waals surface area (Å²) in [4.78, 5) is 27.6. The van der Waals surface area contributed by atoms with Crippen LogP contribution in [0.25, 0.3) is 10.8 Å². The number of amides is 2. The minimum Gasteiger partial charge on any atom is -0.352 e. The smallest absolute Gasteiger partial charge is 0.243 e. The van der Waals surface area contributed by atoms with Gasteiger partial charge in [0.25, 0.3) is 0 Å². The number of nitrogens with zero attached hydrogens (tertiary/aromatic N) is 2. The number of benzene rings is 3. The summed E-state index contributed by atoms with van der Waals surface area (Å²) >= 11 is 12.2. The summed E-state index contributed by atoms with van der Waals surface area (Å²) in [5.41, 5.74) is 0.655. The number of fused-ring (bicyclic) bond motifs is 1. The Hall–Kier alpha value is -2.65. The molecule has 0 fully saturated rings. The number of hydrogen-bond donors (Lipinski definition) is 1. The van der Waals surface area contributed by atoms with Gasteiger partial charge in [-0.1, -0.05) is 59.6 Å². The highest BCUT2D eigenvalue weighted by Gasteiger charge is 2.30. The molecular weight excluding hydrogens is 521 g/mol. The van der Waals surface area contributed by atoms with Crippen LogP contribution in [-0.2, 0) is 26.2 Å². The first kappa shape index (κ1) is 27.9. The summed E-state index contributed by atoms with van der Waals surface area (Å²) in [5, 5.41) is 5.17. The van der Waals surface area contributed by atoms with E-state index in [1.165, 1.54) is 18.0 Å². The number of likely N-dealkylation sites (N-methyl/N-ethyl adjacent to an activating group) is 1.